The van der Waals surface area contributed by atoms with Gasteiger partial charge in [0, 0.05) is 19.4 Å². The van der Waals surface area contributed by atoms with Crippen molar-refractivity contribution in [2.45, 2.75) is 32.1 Å². The molecule has 1 rings (SSSR count). The van der Waals surface area contributed by atoms with E-state index in [-0.39, 0.29) is 0 Å². The summed E-state index contributed by atoms with van der Waals surface area (Å²) in [6.07, 6.45) is 10.5. The average Bonchev–Trinajstić information content (AvgIpc) is 2.11. The highest BCUT2D eigenvalue weighted by molar-refractivity contribution is 5.58. The molecule has 0 unspecified atom stereocenters. The molecule has 0 aromatic carbocycles. The van der Waals surface area contributed by atoms with E-state index >= 15 is 0 Å². The zero-order valence-corrected chi connectivity index (χ0v) is 8.00. The number of nitrogens with zero attached hydrogens (tertiary/aromatic N) is 2. The lowest BCUT2D eigenvalue weighted by molar-refractivity contribution is -0.494. The van der Waals surface area contributed by atoms with Crippen LogP contribution in [0.5, 0.6) is 0 Å². The van der Waals surface area contributed by atoms with Crippen LogP contribution in [0.3, 0.4) is 0 Å². The fourth-order valence-electron chi connectivity index (χ4n) is 1.36. The van der Waals surface area contributed by atoms with E-state index in [1.807, 2.05) is 0 Å². The molecule has 68 valence electrons. The van der Waals surface area contributed by atoms with Gasteiger partial charge in [0.1, 0.15) is 19.8 Å². The lowest BCUT2D eigenvalue weighted by atomic mass is 10.2. The van der Waals surface area contributed by atoms with Crippen LogP contribution in [-0.4, -0.2) is 37.1 Å². The minimum Gasteiger partial charge on any atom is -0.298 e. The molecule has 12 heavy (non-hydrogen) atoms. The second kappa shape index (κ2) is 5.92. The lowest BCUT2D eigenvalue weighted by Gasteiger charge is -1.95. The predicted molar refractivity (Wildman–Crippen MR) is 53.6 cm³/mol. The van der Waals surface area contributed by atoms with Crippen LogP contribution >= 0.6 is 0 Å². The average molecular weight is 167 g/mol. The highest BCUT2D eigenvalue weighted by atomic mass is 14.9. The standard InChI is InChI=1S/C10H19N2/c1-12-9-5-2-3-7-11-8-4-6-10-12/h7,9H,2-6,8,10H2,1H3/q+1. The Hall–Kier alpha value is -0.660. The van der Waals surface area contributed by atoms with Crippen LogP contribution in [-0.2, 0) is 0 Å². The lowest BCUT2D eigenvalue weighted by Crippen LogP contribution is -2.08. The Kier molecular flexibility index (Phi) is 4.65. The summed E-state index contributed by atoms with van der Waals surface area (Å²) in [5.74, 6) is 0. The first kappa shape index (κ1) is 9.43. The largest absolute Gasteiger partial charge is 0.298 e. The van der Waals surface area contributed by atoms with E-state index in [2.05, 4.69) is 29.0 Å². The molecule has 0 saturated heterocycles. The minimum absolute atomic E-state index is 1.02. The monoisotopic (exact) mass is 167 g/mol. The highest BCUT2D eigenvalue weighted by Gasteiger charge is 1.97. The Bertz CT molecular complexity index is 171. The topological polar surface area (TPSA) is 15.4 Å². The molecule has 1 aliphatic heterocycles. The maximum atomic E-state index is 4.34. The van der Waals surface area contributed by atoms with Gasteiger partial charge in [-0.3, -0.25) is 4.99 Å². The molecule has 0 aromatic heterocycles. The van der Waals surface area contributed by atoms with Crippen molar-refractivity contribution < 1.29 is 4.58 Å². The van der Waals surface area contributed by atoms with E-state index in [1.165, 1.54) is 32.2 Å². The molecule has 0 N–H and O–H groups in total. The first-order valence-corrected chi connectivity index (χ1v) is 4.91. The summed E-state index contributed by atoms with van der Waals surface area (Å²) in [5.41, 5.74) is 0. The Balaban J connectivity index is 2.33. The summed E-state index contributed by atoms with van der Waals surface area (Å²) >= 11 is 0. The van der Waals surface area contributed by atoms with Gasteiger partial charge in [0.2, 0.25) is 0 Å². The van der Waals surface area contributed by atoms with Gasteiger partial charge in [0.05, 0.1) is 0 Å². The number of rotatable bonds is 0. The molecule has 2 nitrogen and oxygen atoms in total. The summed E-state index contributed by atoms with van der Waals surface area (Å²) in [7, 11) is 2.17. The Labute approximate surface area is 75.0 Å². The van der Waals surface area contributed by atoms with Crippen LogP contribution in [0, 0.1) is 0 Å². The van der Waals surface area contributed by atoms with E-state index in [4.69, 9.17) is 0 Å². The van der Waals surface area contributed by atoms with Crippen LogP contribution < -0.4 is 0 Å². The second-order valence-electron chi connectivity index (χ2n) is 3.39. The van der Waals surface area contributed by atoms with E-state index in [9.17, 15) is 0 Å². The number of hydrogen-bond donors (Lipinski definition) is 0. The molecule has 0 fully saturated rings. The molecule has 0 spiro atoms. The summed E-state index contributed by atoms with van der Waals surface area (Å²) in [6, 6.07) is 0. The normalized spacial score (nSPS) is 21.2. The molecular formula is C10H19N2+. The van der Waals surface area contributed by atoms with E-state index in [0.29, 0.717) is 0 Å². The van der Waals surface area contributed by atoms with E-state index < -0.39 is 0 Å². The summed E-state index contributed by atoms with van der Waals surface area (Å²) in [5, 5.41) is 0. The SMILES string of the molecule is C[N+]1=CCCCC=NCCCC1. The fraction of sp³-hybridized carbons (Fsp3) is 0.800. The summed E-state index contributed by atoms with van der Waals surface area (Å²) in [4.78, 5) is 4.34. The van der Waals surface area contributed by atoms with Crippen molar-refractivity contribution in [1.82, 2.24) is 0 Å². The second-order valence-corrected chi connectivity index (χ2v) is 3.39. The quantitative estimate of drug-likeness (QED) is 0.488. The zero-order chi connectivity index (χ0) is 8.65. The van der Waals surface area contributed by atoms with Crippen molar-refractivity contribution in [3.05, 3.63) is 0 Å². The fourth-order valence-corrected chi connectivity index (χ4v) is 1.36. The molecule has 0 aromatic rings. The van der Waals surface area contributed by atoms with Crippen LogP contribution in [0.2, 0.25) is 0 Å². The van der Waals surface area contributed by atoms with Crippen LogP contribution in [0.15, 0.2) is 4.99 Å². The smallest absolute Gasteiger partial charge is 0.142 e. The van der Waals surface area contributed by atoms with Crippen molar-refractivity contribution in [2.24, 2.45) is 4.99 Å². The molecule has 0 atom stereocenters. The summed E-state index contributed by atoms with van der Waals surface area (Å²) < 4.78 is 2.31. The predicted octanol–water partition coefficient (Wildman–Crippen LogP) is 1.73. The van der Waals surface area contributed by atoms with E-state index in [0.717, 1.165) is 13.0 Å². The first-order valence-electron chi connectivity index (χ1n) is 4.91. The zero-order valence-electron chi connectivity index (χ0n) is 8.00. The van der Waals surface area contributed by atoms with Crippen LogP contribution in [0.25, 0.3) is 0 Å². The maximum Gasteiger partial charge on any atom is 0.142 e. The Morgan fingerprint density at radius 1 is 1.17 bits per heavy atom. The van der Waals surface area contributed by atoms with Crippen molar-refractivity contribution in [1.29, 1.82) is 0 Å². The number of aliphatic imine (C=N–C) groups is 1. The van der Waals surface area contributed by atoms with E-state index in [1.54, 1.807) is 0 Å². The van der Waals surface area contributed by atoms with Crippen molar-refractivity contribution in [3.8, 4) is 0 Å². The van der Waals surface area contributed by atoms with Crippen LogP contribution in [0.4, 0.5) is 0 Å². The maximum absolute atomic E-state index is 4.34. The molecular weight excluding hydrogens is 148 g/mol. The van der Waals surface area contributed by atoms with Gasteiger partial charge in [-0.05, 0) is 25.5 Å². The van der Waals surface area contributed by atoms with Gasteiger partial charge < -0.3 is 0 Å². The van der Waals surface area contributed by atoms with Gasteiger partial charge in [0.15, 0.2) is 0 Å². The van der Waals surface area contributed by atoms with Crippen LogP contribution in [0.1, 0.15) is 32.1 Å². The Morgan fingerprint density at radius 2 is 2.08 bits per heavy atom. The van der Waals surface area contributed by atoms with Gasteiger partial charge in [-0.25, -0.2) is 4.58 Å². The van der Waals surface area contributed by atoms with Crippen molar-refractivity contribution in [2.75, 3.05) is 20.1 Å². The van der Waals surface area contributed by atoms with Crippen molar-refractivity contribution in [3.63, 3.8) is 0 Å². The molecule has 0 aliphatic carbocycles. The first-order chi connectivity index (χ1) is 5.89. The van der Waals surface area contributed by atoms with Gasteiger partial charge in [-0.15, -0.1) is 0 Å². The molecule has 1 heterocycles. The third-order valence-corrected chi connectivity index (χ3v) is 2.16. The van der Waals surface area contributed by atoms with Gasteiger partial charge in [0.25, 0.3) is 0 Å². The molecule has 0 radical (unpaired) electrons. The molecule has 1 aliphatic rings. The van der Waals surface area contributed by atoms with Gasteiger partial charge in [-0.1, -0.05) is 0 Å². The molecule has 2 heteroatoms. The molecule has 0 saturated carbocycles. The molecule has 0 bridgehead atoms. The van der Waals surface area contributed by atoms with Crippen molar-refractivity contribution >= 4 is 12.4 Å². The molecule has 0 amide bonds. The number of hydrogen-bond acceptors (Lipinski definition) is 1. The minimum atomic E-state index is 1.02. The summed E-state index contributed by atoms with van der Waals surface area (Å²) in [6.45, 7) is 2.21. The third kappa shape index (κ3) is 4.27. The Morgan fingerprint density at radius 3 is 3.00 bits per heavy atom. The van der Waals surface area contributed by atoms with Gasteiger partial charge >= 0.3 is 0 Å². The highest BCUT2D eigenvalue weighted by Crippen LogP contribution is 1.95. The third-order valence-electron chi connectivity index (χ3n) is 2.16. The van der Waals surface area contributed by atoms with Gasteiger partial charge in [-0.2, -0.15) is 0 Å².